The van der Waals surface area contributed by atoms with Crippen molar-refractivity contribution in [2.75, 3.05) is 0 Å². The topological polar surface area (TPSA) is 50.2 Å². The van der Waals surface area contributed by atoms with Gasteiger partial charge in [-0.25, -0.2) is 9.78 Å². The lowest BCUT2D eigenvalue weighted by molar-refractivity contribution is 0.223. The summed E-state index contributed by atoms with van der Waals surface area (Å²) < 4.78 is 0. The number of carbonyl (C=O) groups is 1. The molecule has 0 amide bonds. The average Bonchev–Trinajstić information content (AvgIpc) is 2.11. The van der Waals surface area contributed by atoms with Crippen LogP contribution in [0.4, 0.5) is 4.79 Å². The zero-order valence-electron chi connectivity index (χ0n) is 4.87. The highest BCUT2D eigenvalue weighted by Gasteiger charge is 2.11. The predicted octanol–water partition coefficient (Wildman–Crippen LogP) is 2.11. The van der Waals surface area contributed by atoms with Gasteiger partial charge in [0, 0.05) is 27.7 Å². The maximum absolute atomic E-state index is 8.92. The van der Waals surface area contributed by atoms with Gasteiger partial charge < -0.3 is 5.11 Å². The molecule has 5 heteroatoms. The van der Waals surface area contributed by atoms with Gasteiger partial charge in [0.15, 0.2) is 0 Å². The fraction of sp³-hybridized carbons (Fsp3) is 0.200. The molecule has 3 nitrogen and oxygen atoms in total. The minimum atomic E-state index is -1.02. The van der Waals surface area contributed by atoms with Crippen molar-refractivity contribution < 1.29 is 9.90 Å². The maximum Gasteiger partial charge on any atom is 0.372 e. The summed E-state index contributed by atoms with van der Waals surface area (Å²) in [7, 11) is 0. The van der Waals surface area contributed by atoms with E-state index in [2.05, 4.69) is 26.3 Å². The summed E-state index contributed by atoms with van der Waals surface area (Å²) in [6.07, 6.45) is 1.16. The van der Waals surface area contributed by atoms with E-state index in [1.54, 1.807) is 11.3 Å². The van der Waals surface area contributed by atoms with Crippen molar-refractivity contribution in [1.82, 2.24) is 4.98 Å². The molecule has 10 heavy (non-hydrogen) atoms. The van der Waals surface area contributed by atoms with Gasteiger partial charge in [0.1, 0.15) is 0 Å². The Kier molecular flexibility index (Phi) is 2.39. The quantitative estimate of drug-likeness (QED) is 0.694. The van der Waals surface area contributed by atoms with Crippen LogP contribution in [0.25, 0.3) is 0 Å². The summed E-state index contributed by atoms with van der Waals surface area (Å²) in [6.45, 7) is 0. The number of hydrogen-bond donors (Lipinski definition) is 1. The van der Waals surface area contributed by atoms with Crippen LogP contribution < -0.4 is 0 Å². The molecule has 1 N–H and O–H groups in total. The highest BCUT2D eigenvalue weighted by Crippen LogP contribution is 2.22. The minimum Gasteiger partial charge on any atom is -0.473 e. The maximum atomic E-state index is 8.92. The van der Waals surface area contributed by atoms with Crippen LogP contribution in [0.2, 0.25) is 0 Å². The Balaban J connectivity index is 0.000000112. The van der Waals surface area contributed by atoms with Gasteiger partial charge in [-0.1, -0.05) is 0 Å². The van der Waals surface area contributed by atoms with Crippen molar-refractivity contribution in [2.45, 2.75) is 6.42 Å². The largest absolute Gasteiger partial charge is 0.473 e. The first-order valence-electron chi connectivity index (χ1n) is 2.50. The number of rotatable bonds is 0. The SMILES string of the molecule is O=C(O)Br.c1sc2nc1C2. The molecular formula is C5H4BrNO2S. The van der Waals surface area contributed by atoms with E-state index >= 15 is 0 Å². The van der Waals surface area contributed by atoms with Crippen LogP contribution in [-0.2, 0) is 6.42 Å². The van der Waals surface area contributed by atoms with E-state index in [1.807, 2.05) is 0 Å². The van der Waals surface area contributed by atoms with Gasteiger partial charge in [0.05, 0.1) is 10.7 Å². The van der Waals surface area contributed by atoms with E-state index < -0.39 is 4.88 Å². The summed E-state index contributed by atoms with van der Waals surface area (Å²) in [5.41, 5.74) is 1.27. The van der Waals surface area contributed by atoms with Crippen LogP contribution in [0.3, 0.4) is 0 Å². The molecule has 0 saturated heterocycles. The van der Waals surface area contributed by atoms with Crippen LogP contribution in [0.5, 0.6) is 0 Å². The van der Waals surface area contributed by atoms with E-state index in [9.17, 15) is 0 Å². The summed E-state index contributed by atoms with van der Waals surface area (Å²) in [5.74, 6) is 0. The van der Waals surface area contributed by atoms with Crippen LogP contribution >= 0.6 is 27.3 Å². The average molecular weight is 222 g/mol. The third kappa shape index (κ3) is 2.07. The van der Waals surface area contributed by atoms with Gasteiger partial charge in [-0.15, -0.1) is 11.3 Å². The lowest BCUT2D eigenvalue weighted by atomic mass is 10.3. The van der Waals surface area contributed by atoms with E-state index in [0.717, 1.165) is 6.42 Å². The summed E-state index contributed by atoms with van der Waals surface area (Å²) in [5, 5.41) is 10.7. The molecule has 0 saturated carbocycles. The monoisotopic (exact) mass is 221 g/mol. The van der Waals surface area contributed by atoms with Gasteiger partial charge >= 0.3 is 4.88 Å². The Morgan fingerprint density at radius 2 is 2.40 bits per heavy atom. The van der Waals surface area contributed by atoms with Gasteiger partial charge in [0.2, 0.25) is 0 Å². The molecule has 2 aliphatic heterocycles. The second kappa shape index (κ2) is 3.12. The second-order valence-electron chi connectivity index (χ2n) is 1.66. The molecule has 0 aromatic carbocycles. The van der Waals surface area contributed by atoms with E-state index in [4.69, 9.17) is 9.90 Å². The zero-order valence-corrected chi connectivity index (χ0v) is 7.28. The highest BCUT2D eigenvalue weighted by atomic mass is 79.9. The van der Waals surface area contributed by atoms with Crippen molar-refractivity contribution in [1.29, 1.82) is 0 Å². The van der Waals surface area contributed by atoms with Crippen molar-refractivity contribution >= 4 is 32.1 Å². The van der Waals surface area contributed by atoms with E-state index in [0.29, 0.717) is 0 Å². The Labute approximate surface area is 69.8 Å². The first-order valence-corrected chi connectivity index (χ1v) is 4.17. The molecule has 1 aromatic rings. The predicted molar refractivity (Wildman–Crippen MR) is 41.9 cm³/mol. The van der Waals surface area contributed by atoms with Crippen molar-refractivity contribution in [3.8, 4) is 0 Å². The lowest BCUT2D eigenvalue weighted by Crippen LogP contribution is -1.95. The number of fused-ring (bicyclic) bond motifs is 1. The molecule has 0 radical (unpaired) electrons. The van der Waals surface area contributed by atoms with Gasteiger partial charge in [-0.3, -0.25) is 0 Å². The molecule has 0 spiro atoms. The zero-order chi connectivity index (χ0) is 7.56. The van der Waals surface area contributed by atoms with Crippen molar-refractivity contribution in [3.63, 3.8) is 0 Å². The smallest absolute Gasteiger partial charge is 0.372 e. The van der Waals surface area contributed by atoms with Gasteiger partial charge in [-0.2, -0.15) is 0 Å². The lowest BCUT2D eigenvalue weighted by Gasteiger charge is -1.95. The fourth-order valence-electron chi connectivity index (χ4n) is 0.575. The Bertz CT molecular complexity index is 220. The van der Waals surface area contributed by atoms with Crippen LogP contribution in [0.1, 0.15) is 10.7 Å². The van der Waals surface area contributed by atoms with E-state index in [-0.39, 0.29) is 0 Å². The number of halogens is 1. The first-order chi connectivity index (χ1) is 4.68. The molecule has 54 valence electrons. The second-order valence-corrected chi connectivity index (χ2v) is 3.28. The number of thiazole rings is 1. The minimum absolute atomic E-state index is 1.02. The standard InChI is InChI=1S/C4H3NS.CHBrO2/c1-3-2-6-4(1)5-3;2-1(3)4/h2H,1H2;(H,3,4). The first kappa shape index (κ1) is 7.68. The third-order valence-corrected chi connectivity index (χ3v) is 1.83. The number of nitrogens with zero attached hydrogens (tertiary/aromatic N) is 1. The van der Waals surface area contributed by atoms with E-state index in [1.165, 1.54) is 10.7 Å². The Morgan fingerprint density at radius 3 is 2.50 bits per heavy atom. The van der Waals surface area contributed by atoms with Crippen molar-refractivity contribution in [3.05, 3.63) is 16.1 Å². The summed E-state index contributed by atoms with van der Waals surface area (Å²) in [6, 6.07) is 0. The molecule has 0 fully saturated rings. The normalized spacial score (nSPS) is 10.9. The Hall–Kier alpha value is -0.420. The summed E-state index contributed by atoms with van der Waals surface area (Å²) >= 11 is 3.95. The van der Waals surface area contributed by atoms with Crippen LogP contribution in [0.15, 0.2) is 5.38 Å². The molecule has 3 rings (SSSR count). The number of carboxylic acid groups (broad SMARTS) is 1. The molecule has 0 aliphatic carbocycles. The van der Waals surface area contributed by atoms with Gasteiger partial charge in [0.25, 0.3) is 0 Å². The highest BCUT2D eigenvalue weighted by molar-refractivity contribution is 9.18. The molecule has 2 bridgehead atoms. The summed E-state index contributed by atoms with van der Waals surface area (Å²) in [4.78, 5) is 12.0. The molecule has 0 unspecified atom stereocenters. The molecule has 2 aliphatic rings. The fourth-order valence-corrected chi connectivity index (χ4v) is 1.38. The number of hydrogen-bond acceptors (Lipinski definition) is 3. The van der Waals surface area contributed by atoms with Crippen LogP contribution in [-0.4, -0.2) is 15.0 Å². The molecular weight excluding hydrogens is 218 g/mol. The third-order valence-electron chi connectivity index (χ3n) is 0.932. The van der Waals surface area contributed by atoms with Gasteiger partial charge in [-0.05, 0) is 0 Å². The molecule has 3 heterocycles. The number of aromatic nitrogens is 1. The Morgan fingerprint density at radius 1 is 1.90 bits per heavy atom. The van der Waals surface area contributed by atoms with Crippen molar-refractivity contribution in [2.24, 2.45) is 0 Å². The molecule has 0 atom stereocenters. The molecule has 1 aromatic heterocycles. The van der Waals surface area contributed by atoms with Crippen LogP contribution in [0, 0.1) is 0 Å².